The van der Waals surface area contributed by atoms with Crippen LogP contribution in [0.15, 0.2) is 42.2 Å². The maximum Gasteiger partial charge on any atom is 0.311 e. The first-order valence-electron chi connectivity index (χ1n) is 4.70. The van der Waals surface area contributed by atoms with E-state index in [4.69, 9.17) is 4.74 Å². The van der Waals surface area contributed by atoms with Crippen LogP contribution in [0, 0.1) is 0 Å². The number of benzene rings is 1. The number of cyclic esters (lactones) is 1. The lowest BCUT2D eigenvalue weighted by Gasteiger charge is -2.18. The fourth-order valence-electron chi connectivity index (χ4n) is 1.69. The molecule has 0 amide bonds. The van der Waals surface area contributed by atoms with Gasteiger partial charge in [0.05, 0.1) is 6.42 Å². The van der Waals surface area contributed by atoms with E-state index in [0.29, 0.717) is 12.2 Å². The first-order valence-corrected chi connectivity index (χ1v) is 4.70. The van der Waals surface area contributed by atoms with E-state index >= 15 is 0 Å². The van der Waals surface area contributed by atoms with Crippen LogP contribution < -0.4 is 0 Å². The number of ether oxygens (including phenoxy) is 1. The van der Waals surface area contributed by atoms with Gasteiger partial charge in [-0.05, 0) is 18.6 Å². The van der Waals surface area contributed by atoms with Crippen molar-refractivity contribution < 1.29 is 9.53 Å². The van der Waals surface area contributed by atoms with E-state index < -0.39 is 0 Å². The molecule has 1 aromatic carbocycles. The number of allylic oxidation sites excluding steroid dienone is 2. The van der Waals surface area contributed by atoms with Gasteiger partial charge in [0.15, 0.2) is 0 Å². The highest BCUT2D eigenvalue weighted by molar-refractivity contribution is 5.73. The van der Waals surface area contributed by atoms with Gasteiger partial charge in [0.1, 0.15) is 5.76 Å². The van der Waals surface area contributed by atoms with Gasteiger partial charge in [0.25, 0.3) is 0 Å². The Morgan fingerprint density at radius 1 is 1.29 bits per heavy atom. The minimum Gasteiger partial charge on any atom is -0.432 e. The van der Waals surface area contributed by atoms with Crippen molar-refractivity contribution in [3.63, 3.8) is 0 Å². The minimum absolute atomic E-state index is 0.140. The second kappa shape index (κ2) is 3.66. The molecule has 2 heteroatoms. The first kappa shape index (κ1) is 9.00. The van der Waals surface area contributed by atoms with Crippen molar-refractivity contribution in [2.24, 2.45) is 0 Å². The smallest absolute Gasteiger partial charge is 0.311 e. The topological polar surface area (TPSA) is 26.3 Å². The molecule has 0 aliphatic carbocycles. The fourth-order valence-corrected chi connectivity index (χ4v) is 1.69. The fraction of sp³-hybridized carbons (Fsp3) is 0.250. The summed E-state index contributed by atoms with van der Waals surface area (Å²) in [5.74, 6) is 0.742. The molecule has 0 spiro atoms. The van der Waals surface area contributed by atoms with Gasteiger partial charge in [0.2, 0.25) is 0 Å². The van der Waals surface area contributed by atoms with Gasteiger partial charge in [0, 0.05) is 5.92 Å². The highest BCUT2D eigenvalue weighted by Crippen LogP contribution is 2.27. The van der Waals surface area contributed by atoms with Gasteiger partial charge in [-0.25, -0.2) is 0 Å². The second-order valence-corrected chi connectivity index (χ2v) is 3.47. The number of rotatable bonds is 1. The average molecular weight is 188 g/mol. The average Bonchev–Trinajstić information content (AvgIpc) is 2.18. The van der Waals surface area contributed by atoms with E-state index in [1.54, 1.807) is 0 Å². The number of esters is 1. The minimum atomic E-state index is -0.140. The van der Waals surface area contributed by atoms with Gasteiger partial charge >= 0.3 is 5.97 Å². The van der Waals surface area contributed by atoms with E-state index in [1.807, 2.05) is 43.3 Å². The third kappa shape index (κ3) is 1.84. The Balaban J connectivity index is 2.28. The normalized spacial score (nSPS) is 21.4. The Kier molecular flexibility index (Phi) is 2.35. The van der Waals surface area contributed by atoms with Crippen LogP contribution in [0.4, 0.5) is 0 Å². The second-order valence-electron chi connectivity index (χ2n) is 3.47. The molecular weight excluding hydrogens is 176 g/mol. The van der Waals surface area contributed by atoms with E-state index in [1.165, 1.54) is 5.56 Å². The Bertz CT molecular complexity index is 365. The lowest BCUT2D eigenvalue weighted by Crippen LogP contribution is -2.14. The van der Waals surface area contributed by atoms with Crippen molar-refractivity contribution in [3.05, 3.63) is 47.7 Å². The summed E-state index contributed by atoms with van der Waals surface area (Å²) in [5, 5.41) is 0. The summed E-state index contributed by atoms with van der Waals surface area (Å²) in [5.41, 5.74) is 1.17. The van der Waals surface area contributed by atoms with Crippen LogP contribution in [0.3, 0.4) is 0 Å². The maximum atomic E-state index is 11.2. The van der Waals surface area contributed by atoms with E-state index in [0.717, 1.165) is 0 Å². The molecule has 1 aromatic rings. The van der Waals surface area contributed by atoms with Gasteiger partial charge in [-0.1, -0.05) is 30.3 Å². The molecule has 0 N–H and O–H groups in total. The molecule has 1 aliphatic heterocycles. The molecule has 0 radical (unpaired) electrons. The van der Waals surface area contributed by atoms with Crippen molar-refractivity contribution in [2.75, 3.05) is 0 Å². The molecule has 1 heterocycles. The lowest BCUT2D eigenvalue weighted by atomic mass is 9.94. The monoisotopic (exact) mass is 188 g/mol. The van der Waals surface area contributed by atoms with E-state index in [-0.39, 0.29) is 11.9 Å². The Morgan fingerprint density at radius 2 is 2.00 bits per heavy atom. The quantitative estimate of drug-likeness (QED) is 0.633. The molecule has 72 valence electrons. The Hall–Kier alpha value is -1.57. The molecule has 0 aromatic heterocycles. The number of hydrogen-bond acceptors (Lipinski definition) is 2. The zero-order chi connectivity index (χ0) is 9.97. The van der Waals surface area contributed by atoms with Gasteiger partial charge < -0.3 is 4.74 Å². The van der Waals surface area contributed by atoms with Crippen LogP contribution in [0.5, 0.6) is 0 Å². The SMILES string of the molecule is CC1=C[C@@H](c2ccccc2)CC(=O)O1. The maximum absolute atomic E-state index is 11.2. The van der Waals surface area contributed by atoms with Crippen LogP contribution in [-0.2, 0) is 9.53 Å². The summed E-state index contributed by atoms with van der Waals surface area (Å²) >= 11 is 0. The molecule has 2 rings (SSSR count). The standard InChI is InChI=1S/C12H12O2/c1-9-7-11(8-12(13)14-9)10-5-3-2-4-6-10/h2-7,11H,8H2,1H3/t11-/m1/s1. The molecule has 0 saturated heterocycles. The zero-order valence-electron chi connectivity index (χ0n) is 8.07. The Labute approximate surface area is 83.2 Å². The van der Waals surface area contributed by atoms with Crippen LogP contribution in [-0.4, -0.2) is 5.97 Å². The summed E-state index contributed by atoms with van der Waals surface area (Å²) in [6, 6.07) is 10.0. The predicted molar refractivity (Wildman–Crippen MR) is 53.6 cm³/mol. The van der Waals surface area contributed by atoms with E-state index in [9.17, 15) is 4.79 Å². The summed E-state index contributed by atoms with van der Waals surface area (Å²) in [4.78, 5) is 11.2. The highest BCUT2D eigenvalue weighted by Gasteiger charge is 2.20. The summed E-state index contributed by atoms with van der Waals surface area (Å²) in [6.45, 7) is 1.81. The summed E-state index contributed by atoms with van der Waals surface area (Å²) < 4.78 is 4.96. The zero-order valence-corrected chi connectivity index (χ0v) is 8.07. The first-order chi connectivity index (χ1) is 6.75. The number of carbonyl (C=O) groups excluding carboxylic acids is 1. The highest BCUT2D eigenvalue weighted by atomic mass is 16.5. The van der Waals surface area contributed by atoms with Crippen molar-refractivity contribution >= 4 is 5.97 Å². The van der Waals surface area contributed by atoms with Crippen molar-refractivity contribution in [1.29, 1.82) is 0 Å². The molecule has 0 fully saturated rings. The van der Waals surface area contributed by atoms with Crippen molar-refractivity contribution in [3.8, 4) is 0 Å². The van der Waals surface area contributed by atoms with Crippen molar-refractivity contribution in [1.82, 2.24) is 0 Å². The molecule has 0 saturated carbocycles. The molecule has 14 heavy (non-hydrogen) atoms. The molecule has 1 aliphatic rings. The molecular formula is C12H12O2. The number of hydrogen-bond donors (Lipinski definition) is 0. The summed E-state index contributed by atoms with van der Waals surface area (Å²) in [7, 11) is 0. The molecule has 1 atom stereocenters. The van der Waals surface area contributed by atoms with Crippen LogP contribution in [0.2, 0.25) is 0 Å². The molecule has 2 nitrogen and oxygen atoms in total. The molecule has 0 bridgehead atoms. The van der Waals surface area contributed by atoms with E-state index in [2.05, 4.69) is 0 Å². The lowest BCUT2D eigenvalue weighted by molar-refractivity contribution is -0.140. The van der Waals surface area contributed by atoms with Crippen LogP contribution in [0.25, 0.3) is 0 Å². The molecule has 0 unspecified atom stereocenters. The third-order valence-corrected chi connectivity index (χ3v) is 2.33. The Morgan fingerprint density at radius 3 is 2.64 bits per heavy atom. The largest absolute Gasteiger partial charge is 0.432 e. The van der Waals surface area contributed by atoms with Crippen LogP contribution in [0.1, 0.15) is 24.8 Å². The number of carbonyl (C=O) groups is 1. The van der Waals surface area contributed by atoms with Crippen LogP contribution >= 0.6 is 0 Å². The third-order valence-electron chi connectivity index (χ3n) is 2.33. The van der Waals surface area contributed by atoms with Gasteiger partial charge in [-0.3, -0.25) is 4.79 Å². The van der Waals surface area contributed by atoms with Crippen molar-refractivity contribution in [2.45, 2.75) is 19.3 Å². The summed E-state index contributed by atoms with van der Waals surface area (Å²) in [6.07, 6.45) is 2.44. The predicted octanol–water partition coefficient (Wildman–Crippen LogP) is 2.62. The van der Waals surface area contributed by atoms with Gasteiger partial charge in [-0.2, -0.15) is 0 Å². The van der Waals surface area contributed by atoms with Gasteiger partial charge in [-0.15, -0.1) is 0 Å².